The maximum atomic E-state index is 6.16. The van der Waals surface area contributed by atoms with E-state index in [-0.39, 0.29) is 0 Å². The Hall–Kier alpha value is -2.18. The number of hydrogen-bond donors (Lipinski definition) is 2. The highest BCUT2D eigenvalue weighted by Crippen LogP contribution is 2.25. The van der Waals surface area contributed by atoms with Crippen LogP contribution in [0.15, 0.2) is 43.0 Å². The Morgan fingerprint density at radius 2 is 2.12 bits per heavy atom. The van der Waals surface area contributed by atoms with E-state index in [1.54, 1.807) is 12.1 Å². The standard InChI is InChI=1S/C17H18ClN5S/c1-2-8-19-17(24)22-16-20-14(18)10-15(21-16)23-9-7-12-5-3-4-6-13(12)11-23/h2-6,10H,1,7-9,11H2,(H2,19,20,21,22,24). The molecule has 1 aromatic heterocycles. The van der Waals surface area contributed by atoms with E-state index in [9.17, 15) is 0 Å². The quantitative estimate of drug-likeness (QED) is 0.497. The van der Waals surface area contributed by atoms with Gasteiger partial charge in [0.05, 0.1) is 0 Å². The van der Waals surface area contributed by atoms with Gasteiger partial charge in [0.15, 0.2) is 5.11 Å². The Morgan fingerprint density at radius 3 is 2.92 bits per heavy atom. The molecule has 0 spiro atoms. The second-order valence-corrected chi connectivity index (χ2v) is 6.23. The number of thiocarbonyl (C=S) groups is 1. The van der Waals surface area contributed by atoms with Gasteiger partial charge in [0, 0.05) is 25.7 Å². The normalized spacial score (nSPS) is 13.1. The Bertz CT molecular complexity index is 764. The Kier molecular flexibility index (Phi) is 5.27. The topological polar surface area (TPSA) is 53.1 Å². The molecule has 0 unspecified atom stereocenters. The second kappa shape index (κ2) is 7.59. The van der Waals surface area contributed by atoms with Crippen LogP contribution < -0.4 is 15.5 Å². The molecule has 0 bridgehead atoms. The predicted octanol–water partition coefficient (Wildman–Crippen LogP) is 3.17. The fourth-order valence-electron chi connectivity index (χ4n) is 2.63. The molecule has 0 aliphatic carbocycles. The van der Waals surface area contributed by atoms with Crippen LogP contribution in [-0.2, 0) is 13.0 Å². The molecule has 1 aromatic carbocycles. The molecule has 0 fully saturated rings. The molecule has 2 aromatic rings. The van der Waals surface area contributed by atoms with Gasteiger partial charge < -0.3 is 15.5 Å². The van der Waals surface area contributed by atoms with Crippen molar-refractivity contribution < 1.29 is 0 Å². The van der Waals surface area contributed by atoms with Gasteiger partial charge in [0.2, 0.25) is 5.95 Å². The maximum Gasteiger partial charge on any atom is 0.232 e. The summed E-state index contributed by atoms with van der Waals surface area (Å²) in [5.74, 6) is 1.18. The minimum Gasteiger partial charge on any atom is -0.359 e. The summed E-state index contributed by atoms with van der Waals surface area (Å²) in [4.78, 5) is 10.9. The van der Waals surface area contributed by atoms with Crippen LogP contribution in [0.5, 0.6) is 0 Å². The number of nitrogens with one attached hydrogen (secondary N) is 2. The zero-order chi connectivity index (χ0) is 16.9. The lowest BCUT2D eigenvalue weighted by Gasteiger charge is -2.30. The van der Waals surface area contributed by atoms with Gasteiger partial charge in [-0.15, -0.1) is 6.58 Å². The number of fused-ring (bicyclic) bond motifs is 1. The van der Waals surface area contributed by atoms with E-state index in [1.165, 1.54) is 11.1 Å². The summed E-state index contributed by atoms with van der Waals surface area (Å²) in [7, 11) is 0. The monoisotopic (exact) mass is 359 g/mol. The summed E-state index contributed by atoms with van der Waals surface area (Å²) in [6.45, 7) is 5.91. The third kappa shape index (κ3) is 4.01. The molecule has 7 heteroatoms. The smallest absolute Gasteiger partial charge is 0.232 e. The molecule has 5 nitrogen and oxygen atoms in total. The second-order valence-electron chi connectivity index (χ2n) is 5.44. The summed E-state index contributed by atoms with van der Waals surface area (Å²) in [5, 5.41) is 6.75. The molecular weight excluding hydrogens is 342 g/mol. The van der Waals surface area contributed by atoms with E-state index in [0.29, 0.717) is 22.8 Å². The van der Waals surface area contributed by atoms with Crippen molar-refractivity contribution in [3.05, 3.63) is 59.3 Å². The molecule has 124 valence electrons. The molecule has 2 N–H and O–H groups in total. The van der Waals surface area contributed by atoms with Crippen molar-refractivity contribution >= 4 is 40.7 Å². The number of rotatable bonds is 4. The summed E-state index contributed by atoms with van der Waals surface area (Å²) in [5.41, 5.74) is 2.71. The Morgan fingerprint density at radius 1 is 1.33 bits per heavy atom. The van der Waals surface area contributed by atoms with Crippen LogP contribution in [0.2, 0.25) is 5.15 Å². The Labute approximate surface area is 151 Å². The van der Waals surface area contributed by atoms with Crippen molar-refractivity contribution in [2.45, 2.75) is 13.0 Å². The van der Waals surface area contributed by atoms with Gasteiger partial charge >= 0.3 is 0 Å². The van der Waals surface area contributed by atoms with Crippen LogP contribution in [0.1, 0.15) is 11.1 Å². The van der Waals surface area contributed by atoms with Gasteiger partial charge in [-0.1, -0.05) is 41.9 Å². The van der Waals surface area contributed by atoms with Gasteiger partial charge in [-0.05, 0) is 29.8 Å². The average Bonchev–Trinajstić information content (AvgIpc) is 2.59. The van der Waals surface area contributed by atoms with Gasteiger partial charge in [0.1, 0.15) is 11.0 Å². The molecule has 1 aliphatic rings. The first-order chi connectivity index (χ1) is 11.7. The molecule has 0 atom stereocenters. The van der Waals surface area contributed by atoms with Crippen LogP contribution in [0.25, 0.3) is 0 Å². The molecule has 0 saturated heterocycles. The van der Waals surface area contributed by atoms with E-state index in [4.69, 9.17) is 23.8 Å². The first-order valence-corrected chi connectivity index (χ1v) is 8.46. The summed E-state index contributed by atoms with van der Waals surface area (Å²) >= 11 is 11.3. The van der Waals surface area contributed by atoms with Gasteiger partial charge in [-0.25, -0.2) is 4.98 Å². The van der Waals surface area contributed by atoms with Gasteiger partial charge in [-0.2, -0.15) is 4.98 Å². The van der Waals surface area contributed by atoms with Crippen LogP contribution in [0.3, 0.4) is 0 Å². The number of hydrogen-bond acceptors (Lipinski definition) is 4. The zero-order valence-corrected chi connectivity index (χ0v) is 14.7. The lowest BCUT2D eigenvalue weighted by Crippen LogP contribution is -2.32. The highest BCUT2D eigenvalue weighted by molar-refractivity contribution is 7.80. The fourth-order valence-corrected chi connectivity index (χ4v) is 2.98. The number of anilines is 2. The molecule has 0 radical (unpaired) electrons. The molecule has 0 amide bonds. The number of benzene rings is 1. The summed E-state index contributed by atoms with van der Waals surface area (Å²) in [6.07, 6.45) is 2.71. The van der Waals surface area contributed by atoms with Gasteiger partial charge in [0.25, 0.3) is 0 Å². The number of aromatic nitrogens is 2. The van der Waals surface area contributed by atoms with Crippen LogP contribution >= 0.6 is 23.8 Å². The van der Waals surface area contributed by atoms with Crippen molar-refractivity contribution in [2.75, 3.05) is 23.3 Å². The van der Waals surface area contributed by atoms with Crippen molar-refractivity contribution in [2.24, 2.45) is 0 Å². The third-order valence-corrected chi connectivity index (χ3v) is 4.21. The maximum absolute atomic E-state index is 6.16. The SMILES string of the molecule is C=CCNC(=S)Nc1nc(Cl)cc(N2CCc3ccccc3C2)n1. The van der Waals surface area contributed by atoms with E-state index in [0.717, 1.165) is 25.3 Å². The molecule has 1 aliphatic heterocycles. The predicted molar refractivity (Wildman–Crippen MR) is 103 cm³/mol. The van der Waals surface area contributed by atoms with Crippen LogP contribution in [0, 0.1) is 0 Å². The summed E-state index contributed by atoms with van der Waals surface area (Å²) in [6, 6.07) is 10.2. The Balaban J connectivity index is 1.77. The lowest BCUT2D eigenvalue weighted by atomic mass is 10.00. The van der Waals surface area contributed by atoms with E-state index in [2.05, 4.69) is 56.3 Å². The highest BCUT2D eigenvalue weighted by Gasteiger charge is 2.18. The molecule has 2 heterocycles. The fraction of sp³-hybridized carbons (Fsp3) is 0.235. The number of nitrogens with zero attached hydrogens (tertiary/aromatic N) is 3. The number of halogens is 1. The van der Waals surface area contributed by atoms with Crippen LogP contribution in [0.4, 0.5) is 11.8 Å². The van der Waals surface area contributed by atoms with Crippen molar-refractivity contribution in [1.82, 2.24) is 15.3 Å². The molecule has 24 heavy (non-hydrogen) atoms. The minimum absolute atomic E-state index is 0.382. The largest absolute Gasteiger partial charge is 0.359 e. The highest BCUT2D eigenvalue weighted by atomic mass is 35.5. The van der Waals surface area contributed by atoms with Crippen molar-refractivity contribution in [3.63, 3.8) is 0 Å². The first-order valence-electron chi connectivity index (χ1n) is 7.68. The summed E-state index contributed by atoms with van der Waals surface area (Å²) < 4.78 is 0. The molecule has 0 saturated carbocycles. The zero-order valence-electron chi connectivity index (χ0n) is 13.1. The van der Waals surface area contributed by atoms with E-state index >= 15 is 0 Å². The first kappa shape index (κ1) is 16.7. The van der Waals surface area contributed by atoms with E-state index in [1.807, 2.05) is 0 Å². The minimum atomic E-state index is 0.382. The third-order valence-electron chi connectivity index (χ3n) is 3.77. The lowest BCUT2D eigenvalue weighted by molar-refractivity contribution is 0.720. The molecule has 3 rings (SSSR count). The van der Waals surface area contributed by atoms with Gasteiger partial charge in [-0.3, -0.25) is 0 Å². The van der Waals surface area contributed by atoms with Crippen LogP contribution in [-0.4, -0.2) is 28.2 Å². The van der Waals surface area contributed by atoms with Crippen molar-refractivity contribution in [1.29, 1.82) is 0 Å². The average molecular weight is 360 g/mol. The molecular formula is C17H18ClN5S. The van der Waals surface area contributed by atoms with Crippen molar-refractivity contribution in [3.8, 4) is 0 Å². The van der Waals surface area contributed by atoms with E-state index < -0.39 is 0 Å².